The van der Waals surface area contributed by atoms with Gasteiger partial charge in [0.2, 0.25) is 0 Å². The molecule has 0 saturated heterocycles. The highest BCUT2D eigenvalue weighted by Gasteiger charge is 2.19. The maximum Gasteiger partial charge on any atom is 0.306 e. The summed E-state index contributed by atoms with van der Waals surface area (Å²) in [5, 5.41) is 0. The molecule has 0 fully saturated rings. The van der Waals surface area contributed by atoms with Crippen molar-refractivity contribution in [3.05, 3.63) is 60.8 Å². The van der Waals surface area contributed by atoms with Gasteiger partial charge in [0.25, 0.3) is 0 Å². The van der Waals surface area contributed by atoms with Crippen LogP contribution < -0.4 is 0 Å². The number of unbranched alkanes of at least 4 members (excludes halogenated alkanes) is 20. The quantitative estimate of drug-likeness (QED) is 0.0206. The molecular weight excluding hydrogens is 661 g/mol. The van der Waals surface area contributed by atoms with Gasteiger partial charge in [-0.2, -0.15) is 0 Å². The van der Waals surface area contributed by atoms with Crippen molar-refractivity contribution in [2.24, 2.45) is 0 Å². The molecule has 0 bridgehead atoms. The van der Waals surface area contributed by atoms with E-state index in [1.165, 1.54) is 77.0 Å². The van der Waals surface area contributed by atoms with Crippen molar-refractivity contribution in [1.29, 1.82) is 0 Å². The number of hydrogen-bond donors (Lipinski definition) is 0. The lowest BCUT2D eigenvalue weighted by molar-refractivity contribution is -0.167. The van der Waals surface area contributed by atoms with E-state index in [2.05, 4.69) is 45.1 Å². The summed E-state index contributed by atoms with van der Waals surface area (Å²) < 4.78 is 16.6. The lowest BCUT2D eigenvalue weighted by atomic mass is 10.1. The predicted molar refractivity (Wildman–Crippen MR) is 224 cm³/mol. The SMILES string of the molecule is CC\C=C/C=C\C=C/C=C\CCCCCC(=O)OCC(COC(=O)CCCCCCCCCCCC)OC(=O)CCCCCCC/C=C\CCCCC. The zero-order valence-corrected chi connectivity index (χ0v) is 34.5. The zero-order valence-electron chi connectivity index (χ0n) is 34.5. The third kappa shape index (κ3) is 40.1. The average Bonchev–Trinajstić information content (AvgIpc) is 3.15. The molecule has 0 amide bonds. The van der Waals surface area contributed by atoms with Crippen LogP contribution in [0.25, 0.3) is 0 Å². The molecule has 0 aromatic carbocycles. The molecule has 304 valence electrons. The third-order valence-electron chi connectivity index (χ3n) is 9.10. The molecular formula is C47H80O6. The van der Waals surface area contributed by atoms with Gasteiger partial charge in [0.05, 0.1) is 0 Å². The maximum absolute atomic E-state index is 12.7. The first-order valence-electron chi connectivity index (χ1n) is 21.8. The van der Waals surface area contributed by atoms with Crippen LogP contribution in [0.15, 0.2) is 60.8 Å². The molecule has 0 heterocycles. The van der Waals surface area contributed by atoms with Crippen molar-refractivity contribution in [2.75, 3.05) is 13.2 Å². The molecule has 1 atom stereocenters. The Labute approximate surface area is 326 Å². The minimum atomic E-state index is -0.789. The van der Waals surface area contributed by atoms with E-state index >= 15 is 0 Å². The first-order valence-corrected chi connectivity index (χ1v) is 21.8. The second kappa shape index (κ2) is 41.9. The van der Waals surface area contributed by atoms with Gasteiger partial charge in [-0.15, -0.1) is 0 Å². The van der Waals surface area contributed by atoms with Gasteiger partial charge >= 0.3 is 17.9 Å². The van der Waals surface area contributed by atoms with Crippen LogP contribution in [0.4, 0.5) is 0 Å². The highest BCUT2D eigenvalue weighted by Crippen LogP contribution is 2.13. The van der Waals surface area contributed by atoms with Crippen LogP contribution in [0.2, 0.25) is 0 Å². The van der Waals surface area contributed by atoms with Crippen LogP contribution in [0.1, 0.15) is 201 Å². The highest BCUT2D eigenvalue weighted by molar-refractivity contribution is 5.71. The summed E-state index contributed by atoms with van der Waals surface area (Å²) in [5.41, 5.74) is 0. The van der Waals surface area contributed by atoms with Crippen molar-refractivity contribution >= 4 is 17.9 Å². The molecule has 1 unspecified atom stereocenters. The fourth-order valence-electron chi connectivity index (χ4n) is 5.80. The summed E-state index contributed by atoms with van der Waals surface area (Å²) in [6, 6.07) is 0. The average molecular weight is 741 g/mol. The maximum atomic E-state index is 12.7. The Morgan fingerprint density at radius 2 is 0.755 bits per heavy atom. The monoisotopic (exact) mass is 741 g/mol. The van der Waals surface area contributed by atoms with Crippen LogP contribution in [-0.4, -0.2) is 37.2 Å². The molecule has 53 heavy (non-hydrogen) atoms. The number of allylic oxidation sites excluding steroid dienone is 10. The molecule has 0 aromatic heterocycles. The van der Waals surface area contributed by atoms with Gasteiger partial charge in [-0.3, -0.25) is 14.4 Å². The highest BCUT2D eigenvalue weighted by atomic mass is 16.6. The van der Waals surface area contributed by atoms with Crippen molar-refractivity contribution in [3.63, 3.8) is 0 Å². The predicted octanol–water partition coefficient (Wildman–Crippen LogP) is 13.7. The summed E-state index contributed by atoms with van der Waals surface area (Å²) in [4.78, 5) is 37.6. The number of carbonyl (C=O) groups excluding carboxylic acids is 3. The Morgan fingerprint density at radius 1 is 0.396 bits per heavy atom. The fraction of sp³-hybridized carbons (Fsp3) is 0.723. The van der Waals surface area contributed by atoms with Gasteiger partial charge in [-0.05, 0) is 64.2 Å². The molecule has 0 aliphatic rings. The van der Waals surface area contributed by atoms with Gasteiger partial charge in [0, 0.05) is 19.3 Å². The second-order valence-electron chi connectivity index (χ2n) is 14.3. The van der Waals surface area contributed by atoms with Gasteiger partial charge < -0.3 is 14.2 Å². The van der Waals surface area contributed by atoms with E-state index < -0.39 is 6.10 Å². The van der Waals surface area contributed by atoms with E-state index in [9.17, 15) is 14.4 Å². The third-order valence-corrected chi connectivity index (χ3v) is 9.10. The van der Waals surface area contributed by atoms with E-state index in [-0.39, 0.29) is 31.1 Å². The molecule has 0 radical (unpaired) electrons. The molecule has 0 aromatic rings. The Hall–Kier alpha value is -2.89. The summed E-state index contributed by atoms with van der Waals surface area (Å²) in [7, 11) is 0. The van der Waals surface area contributed by atoms with Crippen molar-refractivity contribution in [3.8, 4) is 0 Å². The van der Waals surface area contributed by atoms with Crippen LogP contribution >= 0.6 is 0 Å². The fourth-order valence-corrected chi connectivity index (χ4v) is 5.80. The second-order valence-corrected chi connectivity index (χ2v) is 14.3. The van der Waals surface area contributed by atoms with Crippen molar-refractivity contribution in [2.45, 2.75) is 207 Å². The Kier molecular flexibility index (Phi) is 39.6. The van der Waals surface area contributed by atoms with Crippen molar-refractivity contribution < 1.29 is 28.6 Å². The minimum absolute atomic E-state index is 0.0897. The lowest BCUT2D eigenvalue weighted by Gasteiger charge is -2.18. The Bertz CT molecular complexity index is 991. The summed E-state index contributed by atoms with van der Waals surface area (Å²) in [6.45, 7) is 6.39. The van der Waals surface area contributed by atoms with Gasteiger partial charge in [-0.25, -0.2) is 0 Å². The van der Waals surface area contributed by atoms with Gasteiger partial charge in [-0.1, -0.05) is 178 Å². The lowest BCUT2D eigenvalue weighted by Crippen LogP contribution is -2.30. The normalized spacial score (nSPS) is 12.6. The van der Waals surface area contributed by atoms with Crippen LogP contribution in [-0.2, 0) is 28.6 Å². The largest absolute Gasteiger partial charge is 0.462 e. The number of rotatable bonds is 38. The van der Waals surface area contributed by atoms with Crippen LogP contribution in [0.5, 0.6) is 0 Å². The smallest absolute Gasteiger partial charge is 0.306 e. The van der Waals surface area contributed by atoms with E-state index in [0.717, 1.165) is 83.5 Å². The first kappa shape index (κ1) is 50.1. The number of esters is 3. The summed E-state index contributed by atoms with van der Waals surface area (Å²) >= 11 is 0. The van der Waals surface area contributed by atoms with E-state index in [4.69, 9.17) is 14.2 Å². The van der Waals surface area contributed by atoms with Crippen LogP contribution in [0, 0.1) is 0 Å². The molecule has 0 saturated carbocycles. The standard InChI is InChI=1S/C47H80O6/c1-4-7-10-13-16-19-22-24-26-28-31-34-37-40-46(49)52-43-44(42-51-45(48)39-36-33-30-27-21-18-15-12-9-6-3)53-47(50)41-38-35-32-29-25-23-20-17-14-11-8-5-2/h7,10,13,16-17,19-20,22,24,26,44H,4-6,8-9,11-12,14-15,18,21,23,25,27-43H2,1-3H3/b10-7-,16-13-,20-17-,22-19-,26-24-. The molecule has 0 aliphatic heterocycles. The first-order chi connectivity index (χ1) is 26.0. The number of hydrogen-bond acceptors (Lipinski definition) is 6. The van der Waals surface area contributed by atoms with E-state index in [1.54, 1.807) is 0 Å². The topological polar surface area (TPSA) is 78.9 Å². The molecule has 0 spiro atoms. The molecule has 6 heteroatoms. The molecule has 0 N–H and O–H groups in total. The summed E-state index contributed by atoms with van der Waals surface area (Å²) in [5.74, 6) is -0.946. The molecule has 0 rings (SSSR count). The minimum Gasteiger partial charge on any atom is -0.462 e. The number of ether oxygens (including phenoxy) is 3. The van der Waals surface area contributed by atoms with Gasteiger partial charge in [0.15, 0.2) is 6.10 Å². The number of carbonyl (C=O) groups is 3. The van der Waals surface area contributed by atoms with Crippen LogP contribution in [0.3, 0.4) is 0 Å². The Morgan fingerprint density at radius 3 is 1.26 bits per heavy atom. The zero-order chi connectivity index (χ0) is 38.7. The molecule has 6 nitrogen and oxygen atoms in total. The van der Waals surface area contributed by atoms with E-state index in [0.29, 0.717) is 19.3 Å². The van der Waals surface area contributed by atoms with E-state index in [1.807, 2.05) is 36.5 Å². The Balaban J connectivity index is 4.46. The van der Waals surface area contributed by atoms with Crippen molar-refractivity contribution in [1.82, 2.24) is 0 Å². The summed E-state index contributed by atoms with van der Waals surface area (Å²) in [6.07, 6.45) is 49.1. The molecule has 0 aliphatic carbocycles. The van der Waals surface area contributed by atoms with Gasteiger partial charge in [0.1, 0.15) is 13.2 Å².